The Labute approximate surface area is 108 Å². The van der Waals surface area contributed by atoms with Crippen molar-refractivity contribution < 1.29 is 4.79 Å². The molecule has 0 atom stereocenters. The van der Waals surface area contributed by atoms with Crippen LogP contribution in [0.2, 0.25) is 0 Å². The third kappa shape index (κ3) is 2.25. The van der Waals surface area contributed by atoms with Crippen LogP contribution in [0.5, 0.6) is 0 Å². The van der Waals surface area contributed by atoms with Gasteiger partial charge in [-0.1, -0.05) is 0 Å². The van der Waals surface area contributed by atoms with Crippen LogP contribution >= 0.6 is 0 Å². The Kier molecular flexibility index (Phi) is 2.64. The second kappa shape index (κ2) is 4.45. The SMILES string of the molecule is Cc1ncc(NC(=O)c2ccc3nncn3c2)cn1. The van der Waals surface area contributed by atoms with E-state index in [0.717, 1.165) is 0 Å². The lowest BCUT2D eigenvalue weighted by Gasteiger charge is -2.04. The van der Waals surface area contributed by atoms with Crippen molar-refractivity contribution >= 4 is 17.2 Å². The molecule has 3 aromatic rings. The molecule has 94 valence electrons. The first-order valence-corrected chi connectivity index (χ1v) is 5.62. The predicted octanol–water partition coefficient (Wildman–Crippen LogP) is 1.08. The van der Waals surface area contributed by atoms with Gasteiger partial charge in [0.25, 0.3) is 5.91 Å². The molecule has 3 heterocycles. The number of hydrogen-bond acceptors (Lipinski definition) is 5. The second-order valence-corrected chi connectivity index (χ2v) is 3.99. The lowest BCUT2D eigenvalue weighted by Crippen LogP contribution is -2.13. The number of nitrogens with one attached hydrogen (secondary N) is 1. The monoisotopic (exact) mass is 254 g/mol. The lowest BCUT2D eigenvalue weighted by atomic mass is 10.2. The van der Waals surface area contributed by atoms with Crippen LogP contribution in [0.25, 0.3) is 5.65 Å². The number of nitrogens with zero attached hydrogens (tertiary/aromatic N) is 5. The standard InChI is InChI=1S/C12H10N6O/c1-8-13-4-10(5-14-8)16-12(19)9-2-3-11-17-15-7-18(11)6-9/h2-7H,1H3,(H,16,19). The predicted molar refractivity (Wildman–Crippen MR) is 67.7 cm³/mol. The summed E-state index contributed by atoms with van der Waals surface area (Å²) >= 11 is 0. The Morgan fingerprint density at radius 1 is 1.26 bits per heavy atom. The molecule has 0 bridgehead atoms. The smallest absolute Gasteiger partial charge is 0.257 e. The summed E-state index contributed by atoms with van der Waals surface area (Å²) in [6.07, 6.45) is 6.34. The van der Waals surface area contributed by atoms with E-state index in [1.54, 1.807) is 48.4 Å². The number of amides is 1. The molecule has 0 saturated heterocycles. The summed E-state index contributed by atoms with van der Waals surface area (Å²) in [5.41, 5.74) is 1.75. The van der Waals surface area contributed by atoms with Gasteiger partial charge >= 0.3 is 0 Å². The van der Waals surface area contributed by atoms with Crippen LogP contribution in [-0.4, -0.2) is 30.5 Å². The van der Waals surface area contributed by atoms with Crippen molar-refractivity contribution in [1.29, 1.82) is 0 Å². The van der Waals surface area contributed by atoms with Crippen LogP contribution in [0.1, 0.15) is 16.2 Å². The molecule has 0 aliphatic carbocycles. The summed E-state index contributed by atoms with van der Waals surface area (Å²) in [5, 5.41) is 10.4. The van der Waals surface area contributed by atoms with Crippen molar-refractivity contribution in [2.45, 2.75) is 6.92 Å². The lowest BCUT2D eigenvalue weighted by molar-refractivity contribution is 0.102. The highest BCUT2D eigenvalue weighted by Gasteiger charge is 2.08. The number of anilines is 1. The van der Waals surface area contributed by atoms with E-state index in [0.29, 0.717) is 22.7 Å². The van der Waals surface area contributed by atoms with Crippen molar-refractivity contribution in [3.8, 4) is 0 Å². The first-order chi connectivity index (χ1) is 9.22. The average molecular weight is 254 g/mol. The van der Waals surface area contributed by atoms with Gasteiger partial charge in [-0.3, -0.25) is 9.20 Å². The summed E-state index contributed by atoms with van der Waals surface area (Å²) < 4.78 is 1.68. The zero-order chi connectivity index (χ0) is 13.2. The summed E-state index contributed by atoms with van der Waals surface area (Å²) in [5.74, 6) is 0.423. The van der Waals surface area contributed by atoms with Crippen LogP contribution in [0.4, 0.5) is 5.69 Å². The topological polar surface area (TPSA) is 85.1 Å². The molecule has 0 saturated carbocycles. The van der Waals surface area contributed by atoms with Gasteiger partial charge in [-0.15, -0.1) is 10.2 Å². The fourth-order valence-electron chi connectivity index (χ4n) is 1.62. The molecule has 0 aliphatic rings. The Balaban J connectivity index is 1.84. The molecule has 0 fully saturated rings. The Hall–Kier alpha value is -2.83. The third-order valence-electron chi connectivity index (χ3n) is 2.59. The molecule has 1 N–H and O–H groups in total. The van der Waals surface area contributed by atoms with Gasteiger partial charge in [0.1, 0.15) is 12.2 Å². The van der Waals surface area contributed by atoms with Gasteiger partial charge in [0.15, 0.2) is 5.65 Å². The molecule has 7 heteroatoms. The minimum atomic E-state index is -0.233. The van der Waals surface area contributed by atoms with Crippen molar-refractivity contribution in [2.75, 3.05) is 5.32 Å². The molecule has 0 aromatic carbocycles. The fourth-order valence-corrected chi connectivity index (χ4v) is 1.62. The number of carbonyl (C=O) groups is 1. The molecule has 0 aliphatic heterocycles. The highest BCUT2D eigenvalue weighted by atomic mass is 16.1. The van der Waals surface area contributed by atoms with E-state index in [2.05, 4.69) is 25.5 Å². The first kappa shape index (κ1) is 11.3. The first-order valence-electron chi connectivity index (χ1n) is 5.62. The molecular weight excluding hydrogens is 244 g/mol. The molecule has 3 rings (SSSR count). The Bertz CT molecular complexity index is 733. The highest BCUT2D eigenvalue weighted by molar-refractivity contribution is 6.04. The third-order valence-corrected chi connectivity index (χ3v) is 2.59. The molecular formula is C12H10N6O. The number of aryl methyl sites for hydroxylation is 1. The van der Waals surface area contributed by atoms with Gasteiger partial charge in [0.05, 0.1) is 23.6 Å². The Morgan fingerprint density at radius 3 is 2.84 bits per heavy atom. The van der Waals surface area contributed by atoms with Crippen molar-refractivity contribution in [2.24, 2.45) is 0 Å². The Morgan fingerprint density at radius 2 is 2.05 bits per heavy atom. The van der Waals surface area contributed by atoms with Gasteiger partial charge in [-0.2, -0.15) is 0 Å². The largest absolute Gasteiger partial charge is 0.319 e. The van der Waals surface area contributed by atoms with Crippen molar-refractivity contribution in [3.05, 3.63) is 48.4 Å². The molecule has 0 radical (unpaired) electrons. The normalized spacial score (nSPS) is 10.6. The van der Waals surface area contributed by atoms with E-state index in [-0.39, 0.29) is 5.91 Å². The van der Waals surface area contributed by atoms with E-state index < -0.39 is 0 Å². The van der Waals surface area contributed by atoms with Gasteiger partial charge < -0.3 is 5.32 Å². The molecule has 7 nitrogen and oxygen atoms in total. The van der Waals surface area contributed by atoms with Gasteiger partial charge in [-0.25, -0.2) is 9.97 Å². The molecule has 0 spiro atoms. The quantitative estimate of drug-likeness (QED) is 0.739. The van der Waals surface area contributed by atoms with Crippen LogP contribution in [-0.2, 0) is 0 Å². The minimum absolute atomic E-state index is 0.233. The van der Waals surface area contributed by atoms with Crippen LogP contribution in [0.3, 0.4) is 0 Å². The van der Waals surface area contributed by atoms with Crippen molar-refractivity contribution in [1.82, 2.24) is 24.6 Å². The maximum Gasteiger partial charge on any atom is 0.257 e. The average Bonchev–Trinajstić information content (AvgIpc) is 2.88. The van der Waals surface area contributed by atoms with E-state index in [1.165, 1.54) is 0 Å². The highest BCUT2D eigenvalue weighted by Crippen LogP contribution is 2.08. The molecule has 3 aromatic heterocycles. The van der Waals surface area contributed by atoms with Crippen LogP contribution in [0.15, 0.2) is 37.1 Å². The van der Waals surface area contributed by atoms with Crippen LogP contribution < -0.4 is 5.32 Å². The van der Waals surface area contributed by atoms with Gasteiger partial charge in [0, 0.05) is 6.20 Å². The van der Waals surface area contributed by atoms with E-state index in [4.69, 9.17) is 0 Å². The van der Waals surface area contributed by atoms with Gasteiger partial charge in [-0.05, 0) is 19.1 Å². The zero-order valence-electron chi connectivity index (χ0n) is 10.1. The molecule has 19 heavy (non-hydrogen) atoms. The summed E-state index contributed by atoms with van der Waals surface area (Å²) in [4.78, 5) is 20.1. The number of rotatable bonds is 2. The molecule has 1 amide bonds. The number of hydrogen-bond donors (Lipinski definition) is 1. The maximum atomic E-state index is 12.0. The number of fused-ring (bicyclic) bond motifs is 1. The second-order valence-electron chi connectivity index (χ2n) is 3.99. The zero-order valence-corrected chi connectivity index (χ0v) is 10.1. The minimum Gasteiger partial charge on any atom is -0.319 e. The van der Waals surface area contributed by atoms with Crippen LogP contribution in [0, 0.1) is 6.92 Å². The summed E-state index contributed by atoms with van der Waals surface area (Å²) in [6, 6.07) is 3.42. The van der Waals surface area contributed by atoms with Crippen molar-refractivity contribution in [3.63, 3.8) is 0 Å². The summed E-state index contributed by atoms with van der Waals surface area (Å²) in [6.45, 7) is 1.78. The number of carbonyl (C=O) groups excluding carboxylic acids is 1. The number of aromatic nitrogens is 5. The van der Waals surface area contributed by atoms with Gasteiger partial charge in [0.2, 0.25) is 0 Å². The van der Waals surface area contributed by atoms with E-state index >= 15 is 0 Å². The van der Waals surface area contributed by atoms with E-state index in [1.807, 2.05) is 0 Å². The van der Waals surface area contributed by atoms with E-state index in [9.17, 15) is 4.79 Å². The fraction of sp³-hybridized carbons (Fsp3) is 0.0833. The molecule has 0 unspecified atom stereocenters. The number of pyridine rings is 1. The maximum absolute atomic E-state index is 12.0. The summed E-state index contributed by atoms with van der Waals surface area (Å²) in [7, 11) is 0.